The van der Waals surface area contributed by atoms with Crippen LogP contribution in [0, 0.1) is 5.92 Å². The Bertz CT molecular complexity index is 1260. The van der Waals surface area contributed by atoms with Crippen molar-refractivity contribution < 1.29 is 17.1 Å². The van der Waals surface area contributed by atoms with Gasteiger partial charge in [0, 0.05) is 22.2 Å². The fourth-order valence-electron chi connectivity index (χ4n) is 5.08. The van der Waals surface area contributed by atoms with Gasteiger partial charge in [-0.3, -0.25) is 0 Å². The second-order valence-electron chi connectivity index (χ2n) is 8.41. The highest BCUT2D eigenvalue weighted by atomic mass is 35.5. The number of thiophene rings is 1. The summed E-state index contributed by atoms with van der Waals surface area (Å²) in [4.78, 5) is 8.01. The number of rotatable bonds is 2. The molecule has 0 bridgehead atoms. The number of halogens is 1. The number of benzene rings is 2. The highest BCUT2D eigenvalue weighted by molar-refractivity contribution is 7.19. The third-order valence-electron chi connectivity index (χ3n) is 6.56. The van der Waals surface area contributed by atoms with Crippen LogP contribution < -0.4 is 17.1 Å². The molecule has 2 nitrogen and oxygen atoms in total. The molecule has 2 aliphatic carbocycles. The molecular weight excluding hydrogens is 410 g/mol. The number of aryl methyl sites for hydroxylation is 1. The predicted molar refractivity (Wildman–Crippen MR) is 121 cm³/mol. The van der Waals surface area contributed by atoms with Gasteiger partial charge in [-0.15, -0.1) is 11.3 Å². The molecule has 6 rings (SSSR count). The van der Waals surface area contributed by atoms with Crippen LogP contribution in [0.15, 0.2) is 48.5 Å². The zero-order valence-electron chi connectivity index (χ0n) is 17.2. The van der Waals surface area contributed by atoms with Gasteiger partial charge < -0.3 is 17.1 Å². The van der Waals surface area contributed by atoms with Crippen LogP contribution in [0.4, 0.5) is 0 Å². The third-order valence-corrected chi connectivity index (χ3v) is 7.71. The fraction of sp³-hybridized carbons (Fsp3) is 0.269. The number of fused-ring (bicyclic) bond motifs is 6. The molecule has 2 aliphatic rings. The summed E-state index contributed by atoms with van der Waals surface area (Å²) >= 11 is 1.92. The monoisotopic (exact) mass is 432 g/mol. The van der Waals surface area contributed by atoms with Crippen LogP contribution in [0.25, 0.3) is 32.6 Å². The molecule has 0 N–H and O–H groups in total. The Kier molecular flexibility index (Phi) is 4.83. The van der Waals surface area contributed by atoms with Gasteiger partial charge in [0.2, 0.25) is 0 Å². The van der Waals surface area contributed by atoms with Crippen molar-refractivity contribution >= 4 is 21.6 Å². The van der Waals surface area contributed by atoms with E-state index in [-0.39, 0.29) is 12.4 Å². The second kappa shape index (κ2) is 7.40. The predicted octanol–water partition coefficient (Wildman–Crippen LogP) is 3.67. The molecule has 1 atom stereocenters. The van der Waals surface area contributed by atoms with Crippen molar-refractivity contribution in [2.45, 2.75) is 32.6 Å². The van der Waals surface area contributed by atoms with Crippen LogP contribution in [-0.2, 0) is 19.3 Å². The van der Waals surface area contributed by atoms with Gasteiger partial charge in [-0.1, -0.05) is 43.3 Å². The first-order chi connectivity index (χ1) is 14.2. The first-order valence-electron chi connectivity index (χ1n) is 10.4. The number of methoxy groups -OCH3 is 1. The molecule has 30 heavy (non-hydrogen) atoms. The molecule has 0 radical (unpaired) electrons. The van der Waals surface area contributed by atoms with Crippen molar-refractivity contribution in [2.24, 2.45) is 5.92 Å². The Labute approximate surface area is 187 Å². The van der Waals surface area contributed by atoms with Crippen LogP contribution in [0.5, 0.6) is 5.75 Å². The molecule has 0 spiro atoms. The van der Waals surface area contributed by atoms with E-state index in [1.165, 1.54) is 63.0 Å². The number of hydrogen-bond donors (Lipinski definition) is 0. The quantitative estimate of drug-likeness (QED) is 0.424. The van der Waals surface area contributed by atoms with Crippen molar-refractivity contribution in [3.8, 4) is 28.1 Å². The highest BCUT2D eigenvalue weighted by Gasteiger charge is 2.29. The van der Waals surface area contributed by atoms with E-state index in [1.54, 1.807) is 17.6 Å². The molecule has 0 fully saturated rings. The molecular formula is C26H23ClNOS-. The average Bonchev–Trinajstić information content (AvgIpc) is 3.29. The van der Waals surface area contributed by atoms with Crippen molar-refractivity contribution in [1.29, 1.82) is 0 Å². The van der Waals surface area contributed by atoms with Crippen LogP contribution in [0.1, 0.15) is 34.9 Å². The smallest absolute Gasteiger partial charge is 0.125 e. The Morgan fingerprint density at radius 3 is 2.63 bits per heavy atom. The summed E-state index contributed by atoms with van der Waals surface area (Å²) in [6.45, 7) is 2.38. The first-order valence-corrected chi connectivity index (χ1v) is 11.2. The Balaban J connectivity index is 0.00000193. The molecule has 1 unspecified atom stereocenters. The maximum atomic E-state index is 5.41. The van der Waals surface area contributed by atoms with Gasteiger partial charge in [0.05, 0.1) is 12.8 Å². The summed E-state index contributed by atoms with van der Waals surface area (Å²) in [7, 11) is 1.73. The standard InChI is InChI=1S/C26H23NOS.ClH/c1-15-7-12-20-22(13-15)29-26-24(20)23(16-8-10-18(28-2)11-9-16)21-14-17-5-3-4-6-19(17)25(21)27-26;/h3-6,8-11,15H,7,12-14H2,1-2H3;1H/p-1. The van der Waals surface area contributed by atoms with Gasteiger partial charge in [0.1, 0.15) is 10.6 Å². The van der Waals surface area contributed by atoms with E-state index in [2.05, 4.69) is 55.5 Å². The lowest BCUT2D eigenvalue weighted by Gasteiger charge is -2.19. The normalized spacial score (nSPS) is 16.5. The minimum atomic E-state index is 0. The number of ether oxygens (including phenoxy) is 1. The van der Waals surface area contributed by atoms with E-state index in [0.717, 1.165) is 18.1 Å². The maximum absolute atomic E-state index is 5.41. The van der Waals surface area contributed by atoms with E-state index >= 15 is 0 Å². The average molecular weight is 433 g/mol. The van der Waals surface area contributed by atoms with Gasteiger partial charge in [0.25, 0.3) is 0 Å². The van der Waals surface area contributed by atoms with Crippen molar-refractivity contribution in [3.05, 3.63) is 70.1 Å². The van der Waals surface area contributed by atoms with Gasteiger partial charge >= 0.3 is 0 Å². The molecule has 4 aromatic rings. The molecule has 2 aromatic carbocycles. The fourth-order valence-corrected chi connectivity index (χ4v) is 6.47. The summed E-state index contributed by atoms with van der Waals surface area (Å²) in [5, 5.41) is 1.41. The van der Waals surface area contributed by atoms with E-state index < -0.39 is 0 Å². The van der Waals surface area contributed by atoms with E-state index in [9.17, 15) is 0 Å². The molecule has 0 aliphatic heterocycles. The maximum Gasteiger partial charge on any atom is 0.125 e. The van der Waals surface area contributed by atoms with Gasteiger partial charge in [-0.2, -0.15) is 0 Å². The summed E-state index contributed by atoms with van der Waals surface area (Å²) in [5.41, 5.74) is 9.51. The molecule has 0 saturated carbocycles. The van der Waals surface area contributed by atoms with Crippen LogP contribution in [0.2, 0.25) is 0 Å². The lowest BCUT2D eigenvalue weighted by Crippen LogP contribution is -3.00. The zero-order valence-corrected chi connectivity index (χ0v) is 18.7. The lowest BCUT2D eigenvalue weighted by molar-refractivity contribution is -0.00000601. The number of hydrogen-bond acceptors (Lipinski definition) is 3. The van der Waals surface area contributed by atoms with Crippen molar-refractivity contribution in [3.63, 3.8) is 0 Å². The number of aromatic nitrogens is 1. The number of pyridine rings is 1. The third kappa shape index (κ3) is 2.87. The zero-order chi connectivity index (χ0) is 19.5. The topological polar surface area (TPSA) is 22.1 Å². The van der Waals surface area contributed by atoms with E-state index in [4.69, 9.17) is 9.72 Å². The van der Waals surface area contributed by atoms with E-state index in [0.29, 0.717) is 0 Å². The molecule has 0 amide bonds. The Morgan fingerprint density at radius 1 is 1.03 bits per heavy atom. The molecule has 2 heterocycles. The molecule has 4 heteroatoms. The number of nitrogens with zero attached hydrogens (tertiary/aromatic N) is 1. The second-order valence-corrected chi connectivity index (χ2v) is 9.49. The Hall–Kier alpha value is -2.36. The minimum absolute atomic E-state index is 0. The summed E-state index contributed by atoms with van der Waals surface area (Å²) in [6, 6.07) is 17.3. The van der Waals surface area contributed by atoms with Gasteiger partial charge in [0.15, 0.2) is 0 Å². The molecule has 2 aromatic heterocycles. The first kappa shape index (κ1) is 19.6. The summed E-state index contributed by atoms with van der Waals surface area (Å²) < 4.78 is 5.41. The molecule has 0 saturated heterocycles. The van der Waals surface area contributed by atoms with Crippen molar-refractivity contribution in [1.82, 2.24) is 4.98 Å². The van der Waals surface area contributed by atoms with Crippen LogP contribution in [0.3, 0.4) is 0 Å². The highest BCUT2D eigenvalue weighted by Crippen LogP contribution is 2.48. The summed E-state index contributed by atoms with van der Waals surface area (Å²) in [5.74, 6) is 1.67. The largest absolute Gasteiger partial charge is 1.00 e. The van der Waals surface area contributed by atoms with Gasteiger partial charge in [-0.25, -0.2) is 4.98 Å². The Morgan fingerprint density at radius 2 is 1.83 bits per heavy atom. The van der Waals surface area contributed by atoms with Gasteiger partial charge in [-0.05, 0) is 65.1 Å². The summed E-state index contributed by atoms with van der Waals surface area (Å²) in [6.07, 6.45) is 4.61. The van der Waals surface area contributed by atoms with Crippen molar-refractivity contribution in [2.75, 3.05) is 7.11 Å². The SMILES string of the molecule is COc1ccc(-c2c3c(nc4sc5c(c24)CCC(C)C5)-c2ccccc2C3)cc1.[Cl-]. The van der Waals surface area contributed by atoms with Crippen LogP contribution in [-0.4, -0.2) is 12.1 Å². The lowest BCUT2D eigenvalue weighted by atomic mass is 9.86. The van der Waals surface area contributed by atoms with Crippen LogP contribution >= 0.6 is 11.3 Å². The van der Waals surface area contributed by atoms with E-state index in [1.807, 2.05) is 11.3 Å². The minimum Gasteiger partial charge on any atom is -1.00 e. The molecule has 152 valence electrons.